The molecule has 1 aliphatic heterocycles. The molecule has 3 nitrogen and oxygen atoms in total. The van der Waals surface area contributed by atoms with Crippen molar-refractivity contribution in [2.24, 2.45) is 0 Å². The molecule has 1 rings (SSSR count). The molecule has 0 atom stereocenters. The van der Waals surface area contributed by atoms with Crippen molar-refractivity contribution in [3.63, 3.8) is 0 Å². The van der Waals surface area contributed by atoms with Gasteiger partial charge in [-0.1, -0.05) is 0 Å². The van der Waals surface area contributed by atoms with Gasteiger partial charge in [0.05, 0.1) is 0 Å². The monoisotopic (exact) mass is 100 g/mol. The van der Waals surface area contributed by atoms with Crippen LogP contribution in [0.1, 0.15) is 6.42 Å². The smallest absolute Gasteiger partial charge is 0.106 e. The maximum atomic E-state index is 10.1. The molecule has 40 valence electrons. The van der Waals surface area contributed by atoms with Crippen LogP contribution in [0.5, 0.6) is 0 Å². The Kier molecular flexibility index (Phi) is 1.29. The molecule has 0 aromatic heterocycles. The van der Waals surface area contributed by atoms with Crippen LogP contribution in [0.3, 0.4) is 0 Å². The molecule has 1 aliphatic rings. The zero-order valence-corrected chi connectivity index (χ0v) is 3.83. The average Bonchev–Trinajstić information content (AvgIpc) is 1.69. The van der Waals surface area contributed by atoms with Crippen LogP contribution < -0.4 is 0 Å². The number of hydrogen-bond acceptors (Lipinski definition) is 3. The van der Waals surface area contributed by atoms with Gasteiger partial charge in [-0.15, -0.1) is 0 Å². The molecular formula is C4H6NO2-. The van der Waals surface area contributed by atoms with Crippen LogP contribution in [-0.4, -0.2) is 11.8 Å². The molecule has 0 unspecified atom stereocenters. The first-order valence-electron chi connectivity index (χ1n) is 2.16. The lowest BCUT2D eigenvalue weighted by Gasteiger charge is -2.27. The lowest BCUT2D eigenvalue weighted by molar-refractivity contribution is -0.0638. The number of hydrogen-bond donors (Lipinski definition) is 0. The molecule has 0 amide bonds. The van der Waals surface area contributed by atoms with Crippen molar-refractivity contribution in [2.75, 3.05) is 6.54 Å². The van der Waals surface area contributed by atoms with E-state index in [0.717, 1.165) is 6.42 Å². The molecule has 0 fully saturated rings. The molecule has 0 aliphatic carbocycles. The summed E-state index contributed by atoms with van der Waals surface area (Å²) in [7, 11) is 0. The van der Waals surface area contributed by atoms with Crippen molar-refractivity contribution < 1.29 is 4.84 Å². The fraction of sp³-hybridized carbons (Fsp3) is 0.500. The van der Waals surface area contributed by atoms with E-state index in [1.165, 1.54) is 6.26 Å². The van der Waals surface area contributed by atoms with Crippen molar-refractivity contribution in [1.82, 2.24) is 5.23 Å². The van der Waals surface area contributed by atoms with E-state index in [0.29, 0.717) is 11.8 Å². The molecule has 0 bridgehead atoms. The SMILES string of the molecule is [O-]N1CCC=CO1. The third kappa shape index (κ3) is 1.17. The van der Waals surface area contributed by atoms with Gasteiger partial charge < -0.3 is 10.0 Å². The molecule has 0 saturated heterocycles. The van der Waals surface area contributed by atoms with Gasteiger partial charge in [-0.05, 0) is 12.5 Å². The lowest BCUT2D eigenvalue weighted by atomic mass is 10.4. The van der Waals surface area contributed by atoms with Crippen molar-refractivity contribution in [3.05, 3.63) is 17.5 Å². The molecule has 0 aromatic carbocycles. The second kappa shape index (κ2) is 1.95. The van der Waals surface area contributed by atoms with Gasteiger partial charge in [0.15, 0.2) is 0 Å². The standard InChI is InChI=1S/C4H6NO2/c6-5-3-1-2-4-7-5/h2,4H,1,3H2/q-1. The third-order valence-electron chi connectivity index (χ3n) is 0.753. The van der Waals surface area contributed by atoms with Gasteiger partial charge in [-0.2, -0.15) is 0 Å². The summed E-state index contributed by atoms with van der Waals surface area (Å²) in [4.78, 5) is 4.38. The second-order valence-electron chi connectivity index (χ2n) is 1.32. The predicted molar refractivity (Wildman–Crippen MR) is 24.9 cm³/mol. The maximum Gasteiger partial charge on any atom is 0.106 e. The Balaban J connectivity index is 2.32. The summed E-state index contributed by atoms with van der Waals surface area (Å²) >= 11 is 0. The summed E-state index contributed by atoms with van der Waals surface area (Å²) in [5, 5.41) is 10.7. The molecule has 1 heterocycles. The minimum absolute atomic E-state index is 0.455. The predicted octanol–water partition coefficient (Wildman–Crippen LogP) is 0.635. The molecule has 0 N–H and O–H groups in total. The fourth-order valence-corrected chi connectivity index (χ4v) is 0.412. The van der Waals surface area contributed by atoms with Crippen LogP contribution in [0.2, 0.25) is 0 Å². The Bertz CT molecular complexity index is 81.8. The van der Waals surface area contributed by atoms with E-state index in [-0.39, 0.29) is 0 Å². The van der Waals surface area contributed by atoms with Crippen molar-refractivity contribution in [3.8, 4) is 0 Å². The Labute approximate surface area is 41.7 Å². The van der Waals surface area contributed by atoms with Gasteiger partial charge in [0.2, 0.25) is 0 Å². The quantitative estimate of drug-likeness (QED) is 0.448. The normalized spacial score (nSPS) is 21.9. The van der Waals surface area contributed by atoms with Crippen LogP contribution >= 0.6 is 0 Å². The van der Waals surface area contributed by atoms with E-state index in [4.69, 9.17) is 0 Å². The number of hydroxylamine groups is 2. The fourth-order valence-electron chi connectivity index (χ4n) is 0.412. The van der Waals surface area contributed by atoms with Gasteiger partial charge in [0, 0.05) is 6.54 Å². The summed E-state index contributed by atoms with van der Waals surface area (Å²) in [6.07, 6.45) is 4.01. The summed E-state index contributed by atoms with van der Waals surface area (Å²) in [5.74, 6) is 0. The van der Waals surface area contributed by atoms with Crippen LogP contribution in [0, 0.1) is 5.21 Å². The first kappa shape index (κ1) is 4.61. The Hall–Kier alpha value is -0.540. The van der Waals surface area contributed by atoms with E-state index < -0.39 is 0 Å². The Morgan fingerprint density at radius 3 is 2.86 bits per heavy atom. The Morgan fingerprint density at radius 1 is 1.71 bits per heavy atom. The molecule has 7 heavy (non-hydrogen) atoms. The second-order valence-corrected chi connectivity index (χ2v) is 1.32. The van der Waals surface area contributed by atoms with E-state index in [1.807, 2.05) is 6.08 Å². The summed E-state index contributed by atoms with van der Waals surface area (Å²) < 4.78 is 0. The summed E-state index contributed by atoms with van der Waals surface area (Å²) in [6.45, 7) is 0.455. The molecule has 0 saturated carbocycles. The van der Waals surface area contributed by atoms with Crippen LogP contribution in [0.4, 0.5) is 0 Å². The van der Waals surface area contributed by atoms with E-state index in [9.17, 15) is 5.21 Å². The highest BCUT2D eigenvalue weighted by Crippen LogP contribution is 1.98. The van der Waals surface area contributed by atoms with Crippen molar-refractivity contribution >= 4 is 0 Å². The zero-order valence-electron chi connectivity index (χ0n) is 3.83. The first-order chi connectivity index (χ1) is 3.39. The minimum atomic E-state index is 0.455. The highest BCUT2D eigenvalue weighted by molar-refractivity contribution is 4.77. The average molecular weight is 100 g/mol. The van der Waals surface area contributed by atoms with Gasteiger partial charge in [-0.3, -0.25) is 0 Å². The molecule has 0 aromatic rings. The van der Waals surface area contributed by atoms with Crippen molar-refractivity contribution in [2.45, 2.75) is 6.42 Å². The van der Waals surface area contributed by atoms with E-state index in [2.05, 4.69) is 4.84 Å². The minimum Gasteiger partial charge on any atom is -0.753 e. The highest BCUT2D eigenvalue weighted by atomic mass is 16.9. The number of nitrogens with zero attached hydrogens (tertiary/aromatic N) is 1. The first-order valence-corrected chi connectivity index (χ1v) is 2.16. The third-order valence-corrected chi connectivity index (χ3v) is 0.753. The van der Waals surface area contributed by atoms with Crippen LogP contribution in [0.25, 0.3) is 0 Å². The van der Waals surface area contributed by atoms with Gasteiger partial charge >= 0.3 is 0 Å². The van der Waals surface area contributed by atoms with Gasteiger partial charge in [0.1, 0.15) is 6.26 Å². The zero-order chi connectivity index (χ0) is 5.11. The summed E-state index contributed by atoms with van der Waals surface area (Å²) in [5.41, 5.74) is 0. The van der Waals surface area contributed by atoms with Gasteiger partial charge in [-0.25, -0.2) is 5.23 Å². The van der Waals surface area contributed by atoms with E-state index >= 15 is 0 Å². The van der Waals surface area contributed by atoms with Crippen LogP contribution in [-0.2, 0) is 4.84 Å². The Morgan fingerprint density at radius 2 is 2.57 bits per heavy atom. The summed E-state index contributed by atoms with van der Waals surface area (Å²) in [6, 6.07) is 0. The molecule has 0 radical (unpaired) electrons. The molecule has 0 spiro atoms. The van der Waals surface area contributed by atoms with Crippen LogP contribution in [0.15, 0.2) is 12.3 Å². The van der Waals surface area contributed by atoms with E-state index in [1.54, 1.807) is 0 Å². The molecular weight excluding hydrogens is 94.0 g/mol. The molecule has 3 heteroatoms. The maximum absolute atomic E-state index is 10.1. The topological polar surface area (TPSA) is 35.5 Å². The highest BCUT2D eigenvalue weighted by Gasteiger charge is 1.90. The van der Waals surface area contributed by atoms with Gasteiger partial charge in [0.25, 0.3) is 0 Å². The van der Waals surface area contributed by atoms with Crippen molar-refractivity contribution in [1.29, 1.82) is 0 Å². The largest absolute Gasteiger partial charge is 0.753 e. The number of rotatable bonds is 0. The lowest BCUT2D eigenvalue weighted by Crippen LogP contribution is -2.17.